The van der Waals surface area contributed by atoms with Gasteiger partial charge in [0.15, 0.2) is 0 Å². The summed E-state index contributed by atoms with van der Waals surface area (Å²) in [6.45, 7) is 27.8. The Kier molecular flexibility index (Phi) is 800. The molecule has 0 rings (SSSR count). The van der Waals surface area contributed by atoms with Crippen molar-refractivity contribution in [2.75, 3.05) is 0 Å². The molecule has 0 saturated heterocycles. The lowest BCUT2D eigenvalue weighted by molar-refractivity contribution is 1.80. The van der Waals surface area contributed by atoms with Crippen molar-refractivity contribution >= 4 is 0 Å². The van der Waals surface area contributed by atoms with Crippen molar-refractivity contribution in [3.05, 3.63) is 64.3 Å². The zero-order valence-electron chi connectivity index (χ0n) is 9.68. The first-order valence-electron chi connectivity index (χ1n) is 3.96. The Balaban J connectivity index is -0.0000000208. The van der Waals surface area contributed by atoms with Crippen molar-refractivity contribution in [2.45, 2.75) is 20.8 Å². The van der Waals surface area contributed by atoms with Gasteiger partial charge in [-0.05, 0) is 20.8 Å². The molecule has 0 fully saturated rings. The summed E-state index contributed by atoms with van der Waals surface area (Å²) in [5.41, 5.74) is 0. The minimum absolute atomic E-state index is 1.75. The topological polar surface area (TPSA) is 0 Å². The Hall–Kier alpha value is -1.30. The first-order valence-corrected chi connectivity index (χ1v) is 3.96. The number of hydrogen-bond acceptors (Lipinski definition) is 0. The molecule has 0 aliphatic rings. The average Bonchev–Trinajstić information content (AvgIpc) is 2.14. The number of rotatable bonds is 0. The summed E-state index contributed by atoms with van der Waals surface area (Å²) in [4.78, 5) is 0. The highest BCUT2D eigenvalue weighted by Crippen LogP contribution is 1.38. The van der Waals surface area contributed by atoms with Gasteiger partial charge in [0.2, 0.25) is 0 Å². The van der Waals surface area contributed by atoms with Crippen LogP contribution in [0.25, 0.3) is 0 Å². The fraction of sp³-hybridized carbons (Fsp3) is 0.231. The van der Waals surface area contributed by atoms with Crippen LogP contribution in [-0.2, 0) is 0 Å². The molecule has 0 aliphatic carbocycles. The third kappa shape index (κ3) is 479. The Labute approximate surface area is 85.7 Å². The van der Waals surface area contributed by atoms with Crippen molar-refractivity contribution in [2.24, 2.45) is 0 Å². The summed E-state index contributed by atoms with van der Waals surface area (Å²) in [5.74, 6) is 0. The molecule has 0 aliphatic heterocycles. The van der Waals surface area contributed by atoms with Gasteiger partial charge < -0.3 is 0 Å². The first-order chi connectivity index (χ1) is 6.24. The molecule has 0 unspecified atom stereocenters. The molecule has 13 heavy (non-hydrogen) atoms. The fourth-order valence-electron chi connectivity index (χ4n) is 0. The van der Waals surface area contributed by atoms with E-state index in [0.717, 1.165) is 0 Å². The Morgan fingerprint density at radius 3 is 0.538 bits per heavy atom. The van der Waals surface area contributed by atoms with Crippen LogP contribution in [0.3, 0.4) is 0 Å². The van der Waals surface area contributed by atoms with Crippen molar-refractivity contribution in [3.63, 3.8) is 0 Å². The largest absolute Gasteiger partial charge is 0.106 e. The lowest BCUT2D eigenvalue weighted by Gasteiger charge is -1.31. The van der Waals surface area contributed by atoms with Gasteiger partial charge in [0.25, 0.3) is 0 Å². The molecule has 0 aromatic heterocycles. The van der Waals surface area contributed by atoms with Gasteiger partial charge in [0, 0.05) is 0 Å². The fourth-order valence-corrected chi connectivity index (χ4v) is 0. The van der Waals surface area contributed by atoms with E-state index in [2.05, 4.69) is 46.1 Å². The van der Waals surface area contributed by atoms with Crippen LogP contribution in [0.2, 0.25) is 0 Å². The summed E-state index contributed by atoms with van der Waals surface area (Å²) >= 11 is 0. The Bertz CT molecular complexity index is 53.8. The van der Waals surface area contributed by atoms with Gasteiger partial charge in [-0.3, -0.25) is 0 Å². The van der Waals surface area contributed by atoms with E-state index >= 15 is 0 Å². The van der Waals surface area contributed by atoms with Gasteiger partial charge in [0.05, 0.1) is 0 Å². The first kappa shape index (κ1) is 29.8. The molecule has 0 aromatic carbocycles. The van der Waals surface area contributed by atoms with Crippen molar-refractivity contribution in [1.82, 2.24) is 0 Å². The summed E-state index contributed by atoms with van der Waals surface area (Å²) in [7, 11) is 0. The number of hydrogen-bond donors (Lipinski definition) is 0. The SMILES string of the molecule is C=C.C=C.C=CC.C=CC.C=CC. The molecule has 0 spiro atoms. The third-order valence-electron chi connectivity index (χ3n) is 0. The van der Waals surface area contributed by atoms with E-state index in [0.29, 0.717) is 0 Å². The maximum Gasteiger partial charge on any atom is -0.0473 e. The highest BCUT2D eigenvalue weighted by molar-refractivity contribution is 4.52. The van der Waals surface area contributed by atoms with Crippen LogP contribution >= 0.6 is 0 Å². The smallest absolute Gasteiger partial charge is 0.0473 e. The summed E-state index contributed by atoms with van der Waals surface area (Å²) in [6.07, 6.45) is 5.25. The summed E-state index contributed by atoms with van der Waals surface area (Å²) in [6, 6.07) is 0. The van der Waals surface area contributed by atoms with Crippen LogP contribution in [-0.4, -0.2) is 0 Å². The van der Waals surface area contributed by atoms with Gasteiger partial charge >= 0.3 is 0 Å². The lowest BCUT2D eigenvalue weighted by atomic mass is 10.8. The summed E-state index contributed by atoms with van der Waals surface area (Å²) < 4.78 is 0. The highest BCUT2D eigenvalue weighted by Gasteiger charge is 1.15. The second kappa shape index (κ2) is 348. The molecular formula is C13H26. The highest BCUT2D eigenvalue weighted by atomic mass is 13.2. The quantitative estimate of drug-likeness (QED) is 0.453. The molecule has 0 atom stereocenters. The molecule has 0 heteroatoms. The molecule has 0 heterocycles. The maximum absolute atomic E-state index is 3.36. The lowest BCUT2D eigenvalue weighted by Crippen LogP contribution is -1.07. The summed E-state index contributed by atoms with van der Waals surface area (Å²) in [5, 5.41) is 0. The van der Waals surface area contributed by atoms with E-state index in [1.54, 1.807) is 18.2 Å². The van der Waals surface area contributed by atoms with Crippen LogP contribution < -0.4 is 0 Å². The van der Waals surface area contributed by atoms with Crippen LogP contribution in [0, 0.1) is 0 Å². The van der Waals surface area contributed by atoms with Crippen LogP contribution in [0.4, 0.5) is 0 Å². The predicted octanol–water partition coefficient (Wildman–Crippen LogP) is 5.18. The molecule has 0 radical (unpaired) electrons. The van der Waals surface area contributed by atoms with E-state index in [9.17, 15) is 0 Å². The Morgan fingerprint density at radius 2 is 0.538 bits per heavy atom. The third-order valence-corrected chi connectivity index (χ3v) is 0. The standard InChI is InChI=1S/3C3H6.2C2H4/c3*1-3-2;2*1-2/h3*3H,1H2,2H3;2*1-2H2. The molecular weight excluding hydrogens is 156 g/mol. The van der Waals surface area contributed by atoms with Crippen LogP contribution in [0.15, 0.2) is 64.3 Å². The molecule has 0 aromatic rings. The normalized spacial score (nSPS) is 3.62. The molecule has 0 N–H and O–H groups in total. The minimum Gasteiger partial charge on any atom is -0.106 e. The van der Waals surface area contributed by atoms with Gasteiger partial charge in [-0.1, -0.05) is 18.2 Å². The average molecular weight is 182 g/mol. The van der Waals surface area contributed by atoms with Gasteiger partial charge in [-0.2, -0.15) is 0 Å². The molecule has 0 nitrogen and oxygen atoms in total. The molecule has 0 bridgehead atoms. The van der Waals surface area contributed by atoms with Gasteiger partial charge in [0.1, 0.15) is 0 Å². The van der Waals surface area contributed by atoms with E-state index in [1.807, 2.05) is 20.8 Å². The second-order valence-corrected chi connectivity index (χ2v) is 1.22. The van der Waals surface area contributed by atoms with E-state index in [1.165, 1.54) is 0 Å². The van der Waals surface area contributed by atoms with E-state index in [4.69, 9.17) is 0 Å². The van der Waals surface area contributed by atoms with E-state index < -0.39 is 0 Å². The maximum atomic E-state index is 3.36. The molecule has 0 amide bonds. The van der Waals surface area contributed by atoms with Crippen molar-refractivity contribution in [3.8, 4) is 0 Å². The second-order valence-electron chi connectivity index (χ2n) is 1.22. The van der Waals surface area contributed by atoms with Gasteiger partial charge in [-0.25, -0.2) is 0 Å². The minimum atomic E-state index is 1.75. The predicted molar refractivity (Wildman–Crippen MR) is 70.1 cm³/mol. The van der Waals surface area contributed by atoms with E-state index in [-0.39, 0.29) is 0 Å². The monoisotopic (exact) mass is 182 g/mol. The zero-order valence-corrected chi connectivity index (χ0v) is 9.68. The number of allylic oxidation sites excluding steroid dienone is 3. The molecule has 78 valence electrons. The van der Waals surface area contributed by atoms with Gasteiger partial charge in [-0.15, -0.1) is 46.1 Å². The Morgan fingerprint density at radius 1 is 0.538 bits per heavy atom. The van der Waals surface area contributed by atoms with Crippen molar-refractivity contribution in [1.29, 1.82) is 0 Å². The van der Waals surface area contributed by atoms with Crippen LogP contribution in [0.5, 0.6) is 0 Å². The van der Waals surface area contributed by atoms with Crippen LogP contribution in [0.1, 0.15) is 20.8 Å². The molecule has 0 saturated carbocycles. The van der Waals surface area contributed by atoms with Crippen molar-refractivity contribution < 1.29 is 0 Å². The zero-order chi connectivity index (χ0) is 12.1.